The van der Waals surface area contributed by atoms with Gasteiger partial charge in [-0.1, -0.05) is 36.8 Å². The van der Waals surface area contributed by atoms with Crippen LogP contribution in [0.25, 0.3) is 0 Å². The zero-order valence-electron chi connectivity index (χ0n) is 20.0. The molecule has 1 amide bonds. The summed E-state index contributed by atoms with van der Waals surface area (Å²) in [6.07, 6.45) is -3.51. The van der Waals surface area contributed by atoms with Crippen LogP contribution in [0.3, 0.4) is 0 Å². The average molecular weight is 509 g/mol. The molecule has 36 heavy (non-hydrogen) atoms. The van der Waals surface area contributed by atoms with E-state index in [1.54, 1.807) is 24.3 Å². The van der Waals surface area contributed by atoms with E-state index >= 15 is 0 Å². The van der Waals surface area contributed by atoms with Crippen LogP contribution in [-0.4, -0.2) is 82.3 Å². The molecule has 8 atom stereocenters. The van der Waals surface area contributed by atoms with E-state index in [4.69, 9.17) is 23.7 Å². The Kier molecular flexibility index (Phi) is 7.03. The van der Waals surface area contributed by atoms with Crippen LogP contribution in [0.1, 0.15) is 50.9 Å². The standard InChI is InChI=1S/C24H32N2O10/c1-14(27)25-20-18(28)19-16(12-32-22(34-19)15-8-4-2-5-9-15)36-24(20,26(30)31)21(29)17-13-33-23(35-17)10-6-3-7-11-23/h2,4-5,8-9,16-22,28-29H,3,6-7,10-13H2,1H3,(H,25,27)/t16?,17-,18?,19-,20?,21-,22?,24-/m1/s1. The first-order valence-electron chi connectivity index (χ1n) is 12.3. The molecular formula is C24H32N2O10. The lowest BCUT2D eigenvalue weighted by atomic mass is 9.83. The molecule has 0 radical (unpaired) electrons. The van der Waals surface area contributed by atoms with Crippen LogP contribution < -0.4 is 5.32 Å². The molecule has 3 N–H and O–H groups in total. The van der Waals surface area contributed by atoms with Crippen LogP contribution in [0.15, 0.2) is 30.3 Å². The molecule has 3 heterocycles. The maximum Gasteiger partial charge on any atom is 0.376 e. The van der Waals surface area contributed by atoms with Crippen LogP contribution in [-0.2, 0) is 28.5 Å². The summed E-state index contributed by atoms with van der Waals surface area (Å²) in [6.45, 7) is 0.947. The van der Waals surface area contributed by atoms with Gasteiger partial charge in [-0.25, -0.2) is 0 Å². The lowest BCUT2D eigenvalue weighted by molar-refractivity contribution is -0.666. The largest absolute Gasteiger partial charge is 0.388 e. The number of nitrogens with zero attached hydrogens (tertiary/aromatic N) is 1. The van der Waals surface area contributed by atoms with Crippen molar-refractivity contribution in [1.29, 1.82) is 0 Å². The Hall–Kier alpha value is -2.19. The van der Waals surface area contributed by atoms with E-state index in [-0.39, 0.29) is 13.2 Å². The van der Waals surface area contributed by atoms with Crippen molar-refractivity contribution in [2.24, 2.45) is 0 Å². The fraction of sp³-hybridized carbons (Fsp3) is 0.708. The van der Waals surface area contributed by atoms with E-state index in [1.165, 1.54) is 6.92 Å². The molecule has 5 rings (SSSR count). The van der Waals surface area contributed by atoms with Gasteiger partial charge in [-0.2, -0.15) is 0 Å². The number of carbonyl (C=O) groups is 1. The first kappa shape index (κ1) is 25.5. The Labute approximate surface area is 207 Å². The topological polar surface area (TPSA) is 159 Å². The van der Waals surface area contributed by atoms with Gasteiger partial charge < -0.3 is 39.2 Å². The summed E-state index contributed by atoms with van der Waals surface area (Å²) < 4.78 is 29.6. The van der Waals surface area contributed by atoms with E-state index < -0.39 is 65.2 Å². The molecule has 4 fully saturated rings. The van der Waals surface area contributed by atoms with Gasteiger partial charge >= 0.3 is 5.72 Å². The van der Waals surface area contributed by atoms with Gasteiger partial charge in [0.2, 0.25) is 5.91 Å². The van der Waals surface area contributed by atoms with Crippen LogP contribution in [0, 0.1) is 10.1 Å². The van der Waals surface area contributed by atoms with E-state index in [0.29, 0.717) is 18.4 Å². The Morgan fingerprint density at radius 2 is 1.89 bits per heavy atom. The molecule has 4 unspecified atom stereocenters. The number of nitro groups is 1. The molecule has 0 aromatic heterocycles. The molecule has 1 aromatic rings. The number of aliphatic hydroxyl groups excluding tert-OH is 2. The minimum atomic E-state index is -2.63. The highest BCUT2D eigenvalue weighted by Crippen LogP contribution is 2.44. The van der Waals surface area contributed by atoms with Crippen molar-refractivity contribution in [3.05, 3.63) is 46.0 Å². The van der Waals surface area contributed by atoms with E-state index in [1.807, 2.05) is 6.07 Å². The van der Waals surface area contributed by atoms with Crippen molar-refractivity contribution in [3.63, 3.8) is 0 Å². The fourth-order valence-corrected chi connectivity index (χ4v) is 5.76. The Morgan fingerprint density at radius 1 is 1.17 bits per heavy atom. The molecule has 12 nitrogen and oxygen atoms in total. The molecule has 3 aliphatic heterocycles. The Balaban J connectivity index is 1.43. The van der Waals surface area contributed by atoms with Gasteiger partial charge in [0.15, 0.2) is 24.2 Å². The number of rotatable bonds is 5. The first-order valence-corrected chi connectivity index (χ1v) is 12.3. The van der Waals surface area contributed by atoms with Crippen molar-refractivity contribution < 1.29 is 43.6 Å². The highest BCUT2D eigenvalue weighted by Gasteiger charge is 2.71. The first-order chi connectivity index (χ1) is 17.3. The molecule has 3 saturated heterocycles. The Morgan fingerprint density at radius 3 is 2.56 bits per heavy atom. The number of benzene rings is 1. The molecule has 1 spiro atoms. The highest BCUT2D eigenvalue weighted by atomic mass is 16.8. The van der Waals surface area contributed by atoms with Gasteiger partial charge in [0.1, 0.15) is 24.4 Å². The average Bonchev–Trinajstić information content (AvgIpc) is 3.28. The van der Waals surface area contributed by atoms with Gasteiger partial charge in [0.25, 0.3) is 0 Å². The molecule has 1 aliphatic carbocycles. The van der Waals surface area contributed by atoms with Crippen molar-refractivity contribution in [2.45, 2.75) is 93.4 Å². The molecule has 0 bridgehead atoms. The van der Waals surface area contributed by atoms with E-state index in [0.717, 1.165) is 19.3 Å². The fourth-order valence-electron chi connectivity index (χ4n) is 5.76. The number of nitrogens with one attached hydrogen (secondary N) is 1. The highest BCUT2D eigenvalue weighted by molar-refractivity contribution is 5.73. The molecule has 1 aromatic carbocycles. The van der Waals surface area contributed by atoms with Gasteiger partial charge in [-0.15, -0.1) is 0 Å². The second-order valence-corrected chi connectivity index (χ2v) is 9.89. The van der Waals surface area contributed by atoms with Crippen molar-refractivity contribution in [1.82, 2.24) is 5.32 Å². The van der Waals surface area contributed by atoms with E-state index in [9.17, 15) is 25.1 Å². The van der Waals surface area contributed by atoms with Crippen LogP contribution >= 0.6 is 0 Å². The monoisotopic (exact) mass is 508 g/mol. The smallest absolute Gasteiger partial charge is 0.376 e. The molecule has 12 heteroatoms. The van der Waals surface area contributed by atoms with Gasteiger partial charge in [0.05, 0.1) is 18.1 Å². The molecule has 4 aliphatic rings. The molecular weight excluding hydrogens is 476 g/mol. The van der Waals surface area contributed by atoms with Crippen LogP contribution in [0.2, 0.25) is 0 Å². The van der Waals surface area contributed by atoms with Crippen LogP contribution in [0.4, 0.5) is 0 Å². The molecule has 198 valence electrons. The summed E-state index contributed by atoms with van der Waals surface area (Å²) in [4.78, 5) is 23.9. The minimum Gasteiger partial charge on any atom is -0.388 e. The van der Waals surface area contributed by atoms with Gasteiger partial charge in [0, 0.05) is 25.3 Å². The summed E-state index contributed by atoms with van der Waals surface area (Å²) in [5.74, 6) is -1.54. The summed E-state index contributed by atoms with van der Waals surface area (Å²) in [5, 5.41) is 37.8. The number of fused-ring (bicyclic) bond motifs is 1. The summed E-state index contributed by atoms with van der Waals surface area (Å²) >= 11 is 0. The number of hydrogen-bond acceptors (Lipinski definition) is 10. The number of hydrogen-bond donors (Lipinski definition) is 3. The lowest BCUT2D eigenvalue weighted by Gasteiger charge is -2.50. The third-order valence-electron chi connectivity index (χ3n) is 7.51. The number of aliphatic hydroxyl groups is 2. The quantitative estimate of drug-likeness (QED) is 0.383. The summed E-state index contributed by atoms with van der Waals surface area (Å²) in [7, 11) is 0. The zero-order valence-corrected chi connectivity index (χ0v) is 20.0. The predicted molar refractivity (Wildman–Crippen MR) is 121 cm³/mol. The normalized spacial score (nSPS) is 38.8. The second kappa shape index (κ2) is 9.93. The van der Waals surface area contributed by atoms with E-state index in [2.05, 4.69) is 5.32 Å². The van der Waals surface area contributed by atoms with Crippen LogP contribution in [0.5, 0.6) is 0 Å². The predicted octanol–water partition coefficient (Wildman–Crippen LogP) is 0.775. The van der Waals surface area contributed by atoms with Gasteiger partial charge in [-0.3, -0.25) is 14.9 Å². The van der Waals surface area contributed by atoms with Crippen molar-refractivity contribution in [3.8, 4) is 0 Å². The molecule has 1 saturated carbocycles. The number of carbonyl (C=O) groups excluding carboxylic acids is 1. The van der Waals surface area contributed by atoms with Crippen molar-refractivity contribution in [2.75, 3.05) is 13.2 Å². The van der Waals surface area contributed by atoms with Gasteiger partial charge in [-0.05, 0) is 12.8 Å². The minimum absolute atomic E-state index is 0.0832. The number of ether oxygens (including phenoxy) is 5. The third-order valence-corrected chi connectivity index (χ3v) is 7.51. The SMILES string of the molecule is CC(=O)NC1C(O)[C@@H]2OC(c3ccccc3)OCC2O[C@]1([C@H](O)[C@H]1COC2(CCCCC2)O1)[N+](=O)[O-]. The summed E-state index contributed by atoms with van der Waals surface area (Å²) in [5.41, 5.74) is -1.94. The number of amides is 1. The maximum absolute atomic E-state index is 12.6. The second-order valence-electron chi connectivity index (χ2n) is 9.89. The lowest BCUT2D eigenvalue weighted by Crippen LogP contribution is -2.78. The summed E-state index contributed by atoms with van der Waals surface area (Å²) in [6, 6.07) is 7.38. The zero-order chi connectivity index (χ0) is 25.5. The van der Waals surface area contributed by atoms with Crippen molar-refractivity contribution >= 4 is 5.91 Å². The third kappa shape index (κ3) is 4.40. The maximum atomic E-state index is 12.6. The Bertz CT molecular complexity index is 957.